The number of hydrogen-bond donors (Lipinski definition) is 0. The molecule has 0 spiro atoms. The predicted octanol–water partition coefficient (Wildman–Crippen LogP) is 3.04. The number of ether oxygens (including phenoxy) is 2. The number of carbonyl (C=O) groups is 1. The van der Waals surface area contributed by atoms with Crippen molar-refractivity contribution in [1.82, 2.24) is 4.90 Å². The van der Waals surface area contributed by atoms with Crippen molar-refractivity contribution >= 4 is 5.91 Å². The van der Waals surface area contributed by atoms with Crippen molar-refractivity contribution < 1.29 is 18.7 Å². The molecule has 2 aromatic rings. The van der Waals surface area contributed by atoms with E-state index in [4.69, 9.17) is 9.47 Å². The first kappa shape index (κ1) is 15.3. The van der Waals surface area contributed by atoms with Crippen LogP contribution < -0.4 is 9.47 Å². The van der Waals surface area contributed by atoms with E-state index in [1.807, 2.05) is 6.07 Å². The van der Waals surface area contributed by atoms with E-state index in [2.05, 4.69) is 0 Å². The Labute approximate surface area is 134 Å². The molecule has 1 amide bonds. The third kappa shape index (κ3) is 2.99. The van der Waals surface area contributed by atoms with Crippen molar-refractivity contribution in [2.24, 2.45) is 0 Å². The normalized spacial score (nSPS) is 13.7. The summed E-state index contributed by atoms with van der Waals surface area (Å²) in [5.41, 5.74) is 2.50. The highest BCUT2D eigenvalue weighted by Crippen LogP contribution is 2.33. The number of halogens is 1. The molecule has 0 radical (unpaired) electrons. The largest absolute Gasteiger partial charge is 0.493 e. The lowest BCUT2D eigenvalue weighted by Crippen LogP contribution is -2.37. The fourth-order valence-corrected chi connectivity index (χ4v) is 2.82. The fourth-order valence-electron chi connectivity index (χ4n) is 2.82. The highest BCUT2D eigenvalue weighted by Gasteiger charge is 2.26. The van der Waals surface area contributed by atoms with Crippen LogP contribution in [0.4, 0.5) is 4.39 Å². The molecule has 0 aromatic heterocycles. The standard InChI is InChI=1S/C18H18FNO3/c1-22-16-9-13-7-8-20(11-12-3-5-14(19)6-4-12)18(21)15(13)10-17(16)23-2/h3-6,9-10H,7-8,11H2,1-2H3. The molecule has 0 atom stereocenters. The van der Waals surface area contributed by atoms with E-state index in [1.165, 1.54) is 12.1 Å². The van der Waals surface area contributed by atoms with Crippen LogP contribution in [0.1, 0.15) is 21.5 Å². The molecule has 1 aliphatic heterocycles. The van der Waals surface area contributed by atoms with Gasteiger partial charge in [0.1, 0.15) is 5.82 Å². The summed E-state index contributed by atoms with van der Waals surface area (Å²) in [5, 5.41) is 0. The quantitative estimate of drug-likeness (QED) is 0.870. The lowest BCUT2D eigenvalue weighted by molar-refractivity contribution is 0.0726. The molecule has 120 valence electrons. The highest BCUT2D eigenvalue weighted by molar-refractivity contribution is 5.97. The van der Waals surface area contributed by atoms with Gasteiger partial charge >= 0.3 is 0 Å². The number of carbonyl (C=O) groups excluding carboxylic acids is 1. The monoisotopic (exact) mass is 315 g/mol. The summed E-state index contributed by atoms with van der Waals surface area (Å²) < 4.78 is 23.6. The minimum absolute atomic E-state index is 0.0449. The van der Waals surface area contributed by atoms with Gasteiger partial charge in [-0.2, -0.15) is 0 Å². The molecule has 1 heterocycles. The van der Waals surface area contributed by atoms with Gasteiger partial charge in [0.15, 0.2) is 11.5 Å². The summed E-state index contributed by atoms with van der Waals surface area (Å²) in [4.78, 5) is 14.5. The van der Waals surface area contributed by atoms with Crippen LogP contribution in [-0.4, -0.2) is 31.6 Å². The van der Waals surface area contributed by atoms with Gasteiger partial charge in [-0.05, 0) is 41.8 Å². The molecule has 5 heteroatoms. The molecule has 2 aromatic carbocycles. The average molecular weight is 315 g/mol. The molecule has 0 fully saturated rings. The number of methoxy groups -OCH3 is 2. The van der Waals surface area contributed by atoms with Crippen LogP contribution in [0.3, 0.4) is 0 Å². The molecule has 23 heavy (non-hydrogen) atoms. The number of fused-ring (bicyclic) bond motifs is 1. The minimum Gasteiger partial charge on any atom is -0.493 e. The van der Waals surface area contributed by atoms with Crippen LogP contribution in [-0.2, 0) is 13.0 Å². The Bertz CT molecular complexity index is 728. The minimum atomic E-state index is -0.277. The van der Waals surface area contributed by atoms with Gasteiger partial charge in [0.05, 0.1) is 14.2 Å². The average Bonchev–Trinajstić information content (AvgIpc) is 2.58. The second-order valence-corrected chi connectivity index (χ2v) is 5.47. The fraction of sp³-hybridized carbons (Fsp3) is 0.278. The zero-order valence-electron chi connectivity index (χ0n) is 13.1. The second kappa shape index (κ2) is 6.28. The Balaban J connectivity index is 1.86. The Morgan fingerprint density at radius 3 is 2.39 bits per heavy atom. The zero-order chi connectivity index (χ0) is 16.4. The molecule has 0 aliphatic carbocycles. The molecule has 0 bridgehead atoms. The number of nitrogens with zero attached hydrogens (tertiary/aromatic N) is 1. The summed E-state index contributed by atoms with van der Waals surface area (Å²) in [6.07, 6.45) is 0.753. The summed E-state index contributed by atoms with van der Waals surface area (Å²) in [5.74, 6) is 0.853. The number of benzene rings is 2. The van der Waals surface area contributed by atoms with Gasteiger partial charge < -0.3 is 14.4 Å². The smallest absolute Gasteiger partial charge is 0.254 e. The third-order valence-electron chi connectivity index (χ3n) is 4.06. The van der Waals surface area contributed by atoms with Crippen LogP contribution >= 0.6 is 0 Å². The van der Waals surface area contributed by atoms with Crippen molar-refractivity contribution in [2.75, 3.05) is 20.8 Å². The lowest BCUT2D eigenvalue weighted by Gasteiger charge is -2.29. The van der Waals surface area contributed by atoms with Crippen molar-refractivity contribution in [1.29, 1.82) is 0 Å². The molecular weight excluding hydrogens is 297 g/mol. The molecule has 1 aliphatic rings. The van der Waals surface area contributed by atoms with E-state index in [9.17, 15) is 9.18 Å². The van der Waals surface area contributed by atoms with Gasteiger partial charge in [-0.15, -0.1) is 0 Å². The Kier molecular flexibility index (Phi) is 4.19. The van der Waals surface area contributed by atoms with E-state index >= 15 is 0 Å². The number of amides is 1. The van der Waals surface area contributed by atoms with Crippen LogP contribution in [0.15, 0.2) is 36.4 Å². The van der Waals surface area contributed by atoms with E-state index in [0.717, 1.165) is 17.5 Å². The van der Waals surface area contributed by atoms with Crippen molar-refractivity contribution in [3.8, 4) is 11.5 Å². The first-order chi connectivity index (χ1) is 11.1. The molecular formula is C18H18FNO3. The Morgan fingerprint density at radius 2 is 1.74 bits per heavy atom. The van der Waals surface area contributed by atoms with Crippen molar-refractivity contribution in [3.05, 3.63) is 58.9 Å². The second-order valence-electron chi connectivity index (χ2n) is 5.47. The number of hydrogen-bond acceptors (Lipinski definition) is 3. The van der Waals surface area contributed by atoms with E-state index < -0.39 is 0 Å². The Morgan fingerprint density at radius 1 is 1.09 bits per heavy atom. The van der Waals surface area contributed by atoms with Gasteiger partial charge in [0, 0.05) is 18.7 Å². The van der Waals surface area contributed by atoms with E-state index in [1.54, 1.807) is 37.3 Å². The van der Waals surface area contributed by atoms with Crippen LogP contribution in [0.2, 0.25) is 0 Å². The van der Waals surface area contributed by atoms with Gasteiger partial charge in [-0.1, -0.05) is 12.1 Å². The SMILES string of the molecule is COc1cc2c(cc1OC)C(=O)N(Cc1ccc(F)cc1)CC2. The van der Waals surface area contributed by atoms with Crippen molar-refractivity contribution in [3.63, 3.8) is 0 Å². The van der Waals surface area contributed by atoms with Gasteiger partial charge in [-0.3, -0.25) is 4.79 Å². The van der Waals surface area contributed by atoms with Crippen molar-refractivity contribution in [2.45, 2.75) is 13.0 Å². The first-order valence-corrected chi connectivity index (χ1v) is 7.41. The molecule has 0 saturated heterocycles. The zero-order valence-corrected chi connectivity index (χ0v) is 13.1. The predicted molar refractivity (Wildman–Crippen MR) is 84.4 cm³/mol. The summed E-state index contributed by atoms with van der Waals surface area (Å²) in [7, 11) is 3.13. The molecule has 0 saturated carbocycles. The van der Waals surface area contributed by atoms with Crippen LogP contribution in [0.5, 0.6) is 11.5 Å². The summed E-state index contributed by atoms with van der Waals surface area (Å²) >= 11 is 0. The van der Waals surface area contributed by atoms with E-state index in [0.29, 0.717) is 30.2 Å². The van der Waals surface area contributed by atoms with Crippen LogP contribution in [0.25, 0.3) is 0 Å². The molecule has 0 unspecified atom stereocenters. The number of rotatable bonds is 4. The maximum atomic E-state index is 13.0. The Hall–Kier alpha value is -2.56. The topological polar surface area (TPSA) is 38.8 Å². The highest BCUT2D eigenvalue weighted by atomic mass is 19.1. The summed E-state index contributed by atoms with van der Waals surface area (Å²) in [6, 6.07) is 9.81. The summed E-state index contributed by atoms with van der Waals surface area (Å²) in [6.45, 7) is 1.09. The van der Waals surface area contributed by atoms with Gasteiger partial charge in [0.25, 0.3) is 5.91 Å². The molecule has 0 N–H and O–H groups in total. The molecule has 3 rings (SSSR count). The maximum Gasteiger partial charge on any atom is 0.254 e. The first-order valence-electron chi connectivity index (χ1n) is 7.41. The maximum absolute atomic E-state index is 13.0. The van der Waals surface area contributed by atoms with E-state index in [-0.39, 0.29) is 11.7 Å². The third-order valence-corrected chi connectivity index (χ3v) is 4.06. The lowest BCUT2D eigenvalue weighted by atomic mass is 9.97. The van der Waals surface area contributed by atoms with Crippen LogP contribution in [0, 0.1) is 5.82 Å². The van der Waals surface area contributed by atoms with Gasteiger partial charge in [0.2, 0.25) is 0 Å². The molecule has 4 nitrogen and oxygen atoms in total. The van der Waals surface area contributed by atoms with Gasteiger partial charge in [-0.25, -0.2) is 4.39 Å².